The molecule has 0 saturated carbocycles. The van der Waals surface area contributed by atoms with E-state index >= 15 is 0 Å². The van der Waals surface area contributed by atoms with Gasteiger partial charge < -0.3 is 4.42 Å². The van der Waals surface area contributed by atoms with Crippen molar-refractivity contribution in [1.29, 1.82) is 0 Å². The number of hydrogen-bond acceptors (Lipinski definition) is 4. The molecular formula is C17H15Cl2N3OS. The second-order valence-corrected chi connectivity index (χ2v) is 6.84. The van der Waals surface area contributed by atoms with Gasteiger partial charge in [-0.25, -0.2) is 4.68 Å². The Bertz CT molecular complexity index is 982. The molecule has 3 aromatic rings. The van der Waals surface area contributed by atoms with Crippen molar-refractivity contribution in [3.8, 4) is 11.3 Å². The van der Waals surface area contributed by atoms with Crippen LogP contribution in [0.1, 0.15) is 18.4 Å². The Hall–Kier alpha value is -1.82. The summed E-state index contributed by atoms with van der Waals surface area (Å²) < 4.78 is 7.41. The van der Waals surface area contributed by atoms with Gasteiger partial charge in [0, 0.05) is 23.0 Å². The highest BCUT2D eigenvalue weighted by molar-refractivity contribution is 7.07. The second kappa shape index (κ2) is 6.97. The van der Waals surface area contributed by atoms with Crippen LogP contribution in [-0.2, 0) is 0 Å². The molecule has 0 N–H and O–H groups in total. The first-order valence-electron chi connectivity index (χ1n) is 7.21. The lowest BCUT2D eigenvalue weighted by Crippen LogP contribution is -2.13. The van der Waals surface area contributed by atoms with Crippen LogP contribution >= 0.6 is 34.5 Å². The topological polar surface area (TPSA) is 42.8 Å². The summed E-state index contributed by atoms with van der Waals surface area (Å²) in [5.74, 6) is 1.57. The molecule has 0 spiro atoms. The fourth-order valence-corrected chi connectivity index (χ4v) is 3.55. The van der Waals surface area contributed by atoms with Gasteiger partial charge in [0.15, 0.2) is 0 Å². The molecule has 0 radical (unpaired) electrons. The number of aryl methyl sites for hydroxylation is 1. The lowest BCUT2D eigenvalue weighted by atomic mass is 10.2. The maximum absolute atomic E-state index is 6.35. The highest BCUT2D eigenvalue weighted by atomic mass is 35.5. The zero-order chi connectivity index (χ0) is 17.3. The van der Waals surface area contributed by atoms with Gasteiger partial charge in [-0.1, -0.05) is 23.2 Å². The third kappa shape index (κ3) is 3.34. The number of benzene rings is 1. The van der Waals surface area contributed by atoms with Crippen LogP contribution in [-0.4, -0.2) is 17.4 Å². The van der Waals surface area contributed by atoms with Crippen molar-refractivity contribution in [2.45, 2.75) is 13.8 Å². The van der Waals surface area contributed by atoms with Gasteiger partial charge in [0.25, 0.3) is 0 Å². The summed E-state index contributed by atoms with van der Waals surface area (Å²) in [7, 11) is 1.73. The average Bonchev–Trinajstić information content (AvgIpc) is 3.14. The molecule has 4 nitrogen and oxygen atoms in total. The van der Waals surface area contributed by atoms with Crippen molar-refractivity contribution in [3.05, 3.63) is 62.1 Å². The molecule has 0 aliphatic carbocycles. The quantitative estimate of drug-likeness (QED) is 0.574. The van der Waals surface area contributed by atoms with E-state index in [-0.39, 0.29) is 0 Å². The zero-order valence-electron chi connectivity index (χ0n) is 13.4. The maximum Gasteiger partial charge on any atom is 0.205 e. The number of rotatable bonds is 3. The van der Waals surface area contributed by atoms with Crippen molar-refractivity contribution in [2.75, 3.05) is 7.05 Å². The number of furan rings is 1. The second-order valence-electron chi connectivity index (χ2n) is 5.16. The Labute approximate surface area is 153 Å². The lowest BCUT2D eigenvalue weighted by molar-refractivity contribution is 0.524. The Morgan fingerprint density at radius 2 is 2.00 bits per heavy atom. The first kappa shape index (κ1) is 17.0. The van der Waals surface area contributed by atoms with E-state index in [1.807, 2.05) is 37.4 Å². The van der Waals surface area contributed by atoms with Crippen LogP contribution in [0.4, 0.5) is 0 Å². The predicted octanol–water partition coefficient (Wildman–Crippen LogP) is 5.23. The van der Waals surface area contributed by atoms with E-state index in [9.17, 15) is 0 Å². The third-order valence-electron chi connectivity index (χ3n) is 3.43. The molecule has 2 heterocycles. The Morgan fingerprint density at radius 3 is 2.62 bits per heavy atom. The van der Waals surface area contributed by atoms with Crippen molar-refractivity contribution in [2.24, 2.45) is 10.1 Å². The molecule has 3 rings (SSSR count). The summed E-state index contributed by atoms with van der Waals surface area (Å²) in [4.78, 5) is 5.05. The van der Waals surface area contributed by atoms with Crippen molar-refractivity contribution in [1.82, 2.24) is 4.68 Å². The molecule has 0 fully saturated rings. The van der Waals surface area contributed by atoms with E-state index in [1.54, 1.807) is 23.9 Å². The van der Waals surface area contributed by atoms with Crippen molar-refractivity contribution < 1.29 is 4.42 Å². The van der Waals surface area contributed by atoms with E-state index < -0.39 is 0 Å². The van der Waals surface area contributed by atoms with Gasteiger partial charge in [0.1, 0.15) is 17.2 Å². The van der Waals surface area contributed by atoms with Crippen molar-refractivity contribution in [3.63, 3.8) is 0 Å². The van der Waals surface area contributed by atoms with Crippen LogP contribution in [0.2, 0.25) is 10.0 Å². The van der Waals surface area contributed by atoms with Gasteiger partial charge in [-0.2, -0.15) is 5.10 Å². The molecule has 0 aliphatic rings. The summed E-state index contributed by atoms with van der Waals surface area (Å²) in [5.41, 5.74) is 2.45. The van der Waals surface area contributed by atoms with E-state index in [1.165, 1.54) is 11.3 Å². The largest absolute Gasteiger partial charge is 0.460 e. The van der Waals surface area contributed by atoms with Gasteiger partial charge in [-0.05, 0) is 44.2 Å². The Kier molecular flexibility index (Phi) is 4.94. The molecule has 0 atom stereocenters. The molecule has 0 unspecified atom stereocenters. The molecular weight excluding hydrogens is 365 g/mol. The summed E-state index contributed by atoms with van der Waals surface area (Å²) in [5, 5.41) is 7.81. The van der Waals surface area contributed by atoms with E-state index in [0.717, 1.165) is 33.3 Å². The minimum Gasteiger partial charge on any atom is -0.460 e. The van der Waals surface area contributed by atoms with Crippen LogP contribution in [0.5, 0.6) is 0 Å². The standard InChI is InChI=1S/C17H15Cl2N3OS/c1-10-4-7-16(23-10)11(2)21-22-15(9-24-17(22)20-3)13-6-5-12(18)8-14(13)19/h4-9H,1-3H3. The van der Waals surface area contributed by atoms with Gasteiger partial charge in [-0.15, -0.1) is 11.3 Å². The van der Waals surface area contributed by atoms with Crippen LogP contribution in [0, 0.1) is 6.92 Å². The minimum atomic E-state index is 0.568. The number of hydrogen-bond donors (Lipinski definition) is 0. The molecule has 1 aromatic carbocycles. The normalized spacial score (nSPS) is 12.9. The fraction of sp³-hybridized carbons (Fsp3) is 0.176. The Morgan fingerprint density at radius 1 is 1.21 bits per heavy atom. The highest BCUT2D eigenvalue weighted by Crippen LogP contribution is 2.30. The molecule has 0 amide bonds. The molecule has 2 aromatic heterocycles. The first-order chi connectivity index (χ1) is 11.5. The van der Waals surface area contributed by atoms with Gasteiger partial charge in [0.05, 0.1) is 10.7 Å². The zero-order valence-corrected chi connectivity index (χ0v) is 15.7. The summed E-state index contributed by atoms with van der Waals surface area (Å²) in [6.07, 6.45) is 0. The van der Waals surface area contributed by atoms with Gasteiger partial charge >= 0.3 is 0 Å². The lowest BCUT2D eigenvalue weighted by Gasteiger charge is -2.07. The molecule has 24 heavy (non-hydrogen) atoms. The summed E-state index contributed by atoms with van der Waals surface area (Å²) in [6.45, 7) is 3.80. The smallest absolute Gasteiger partial charge is 0.205 e. The number of thiazole rings is 1. The van der Waals surface area contributed by atoms with Crippen LogP contribution in [0.25, 0.3) is 11.3 Å². The molecule has 0 bridgehead atoms. The molecule has 124 valence electrons. The van der Waals surface area contributed by atoms with Gasteiger partial charge in [0.2, 0.25) is 4.80 Å². The first-order valence-corrected chi connectivity index (χ1v) is 8.84. The number of halogens is 2. The SMILES string of the molecule is CN=c1scc(-c2ccc(Cl)cc2Cl)n1N=C(C)c1ccc(C)o1. The van der Waals surface area contributed by atoms with E-state index in [2.05, 4.69) is 10.1 Å². The number of nitrogens with zero attached hydrogens (tertiary/aromatic N) is 3. The molecule has 7 heteroatoms. The molecule has 0 aliphatic heterocycles. The Balaban J connectivity index is 2.16. The van der Waals surface area contributed by atoms with Crippen LogP contribution in [0.15, 0.2) is 50.2 Å². The minimum absolute atomic E-state index is 0.568. The highest BCUT2D eigenvalue weighted by Gasteiger charge is 2.12. The fourth-order valence-electron chi connectivity index (χ4n) is 2.26. The maximum atomic E-state index is 6.35. The predicted molar refractivity (Wildman–Crippen MR) is 100 cm³/mol. The van der Waals surface area contributed by atoms with E-state index in [4.69, 9.17) is 27.6 Å². The monoisotopic (exact) mass is 379 g/mol. The van der Waals surface area contributed by atoms with Crippen molar-refractivity contribution >= 4 is 40.3 Å². The summed E-state index contributed by atoms with van der Waals surface area (Å²) in [6, 6.07) is 9.22. The van der Waals surface area contributed by atoms with E-state index in [0.29, 0.717) is 10.0 Å². The molecule has 0 saturated heterocycles. The van der Waals surface area contributed by atoms with Crippen LogP contribution < -0.4 is 4.80 Å². The van der Waals surface area contributed by atoms with Crippen LogP contribution in [0.3, 0.4) is 0 Å². The summed E-state index contributed by atoms with van der Waals surface area (Å²) >= 11 is 13.8. The third-order valence-corrected chi connectivity index (χ3v) is 4.89. The average molecular weight is 380 g/mol. The van der Waals surface area contributed by atoms with Gasteiger partial charge in [-0.3, -0.25) is 4.99 Å². The number of aromatic nitrogens is 1.